The smallest absolute Gasteiger partial charge is 0.178 e. The summed E-state index contributed by atoms with van der Waals surface area (Å²) in [7, 11) is 0. The van der Waals surface area contributed by atoms with Crippen LogP contribution in [0.3, 0.4) is 0 Å². The maximum Gasteiger partial charge on any atom is 0.178 e. The monoisotopic (exact) mass is 152 g/mol. The van der Waals surface area contributed by atoms with Crippen molar-refractivity contribution < 1.29 is 9.90 Å². The average Bonchev–Trinajstić information content (AvgIpc) is 2.03. The molecule has 1 heterocycles. The van der Waals surface area contributed by atoms with Crippen LogP contribution >= 0.6 is 0 Å². The largest absolute Gasteiger partial charge is 0.506 e. The average molecular weight is 152 g/mol. The number of carbonyl (C=O) groups is 1. The quantitative estimate of drug-likeness (QED) is 0.581. The molecule has 58 valence electrons. The highest BCUT2D eigenvalue weighted by atomic mass is 16.3. The number of ketones is 1. The van der Waals surface area contributed by atoms with Crippen molar-refractivity contribution in [1.29, 1.82) is 0 Å². The summed E-state index contributed by atoms with van der Waals surface area (Å²) in [4.78, 5) is 14.5. The zero-order chi connectivity index (χ0) is 8.27. The van der Waals surface area contributed by atoms with Gasteiger partial charge in [0.1, 0.15) is 5.75 Å². The standard InChI is InChI=1S/C7H8N2O2/c8-2-7(11)5-1-6(10)4-9-3-5/h1,3-4,10H,2,8H2. The SMILES string of the molecule is NCC(=O)c1cncc(O)c1. The Bertz CT molecular complexity index is 273. The van der Waals surface area contributed by atoms with Gasteiger partial charge in [0.25, 0.3) is 0 Å². The minimum atomic E-state index is -0.228. The Balaban J connectivity index is 2.96. The Labute approximate surface area is 63.7 Å². The van der Waals surface area contributed by atoms with Crippen LogP contribution in [0.25, 0.3) is 0 Å². The Hall–Kier alpha value is -1.42. The van der Waals surface area contributed by atoms with Gasteiger partial charge in [-0.15, -0.1) is 0 Å². The molecule has 0 aliphatic heterocycles. The van der Waals surface area contributed by atoms with E-state index in [9.17, 15) is 4.79 Å². The van der Waals surface area contributed by atoms with Crippen molar-refractivity contribution in [2.24, 2.45) is 5.73 Å². The molecule has 1 rings (SSSR count). The second-order valence-electron chi connectivity index (χ2n) is 2.06. The van der Waals surface area contributed by atoms with E-state index in [-0.39, 0.29) is 18.1 Å². The lowest BCUT2D eigenvalue weighted by Crippen LogP contribution is -2.13. The Morgan fingerprint density at radius 2 is 2.36 bits per heavy atom. The van der Waals surface area contributed by atoms with Crippen molar-refractivity contribution >= 4 is 5.78 Å². The number of nitrogens with zero attached hydrogens (tertiary/aromatic N) is 1. The maximum atomic E-state index is 10.9. The molecule has 0 unspecified atom stereocenters. The number of pyridine rings is 1. The lowest BCUT2D eigenvalue weighted by Gasteiger charge is -1.96. The molecule has 0 amide bonds. The lowest BCUT2D eigenvalue weighted by molar-refractivity contribution is 0.100. The zero-order valence-corrected chi connectivity index (χ0v) is 5.82. The normalized spacial score (nSPS) is 9.55. The molecule has 4 nitrogen and oxygen atoms in total. The first kappa shape index (κ1) is 7.68. The molecule has 0 atom stereocenters. The highest BCUT2D eigenvalue weighted by Crippen LogP contribution is 2.08. The number of nitrogens with two attached hydrogens (primary N) is 1. The van der Waals surface area contributed by atoms with Gasteiger partial charge >= 0.3 is 0 Å². The fourth-order valence-electron chi connectivity index (χ4n) is 0.698. The van der Waals surface area contributed by atoms with Gasteiger partial charge in [0.2, 0.25) is 0 Å². The van der Waals surface area contributed by atoms with E-state index in [4.69, 9.17) is 10.8 Å². The summed E-state index contributed by atoms with van der Waals surface area (Å²) in [6.07, 6.45) is 2.63. The van der Waals surface area contributed by atoms with E-state index in [2.05, 4.69) is 4.98 Å². The third-order valence-electron chi connectivity index (χ3n) is 1.23. The Kier molecular flexibility index (Phi) is 2.18. The number of rotatable bonds is 2. The van der Waals surface area contributed by atoms with Crippen molar-refractivity contribution in [3.05, 3.63) is 24.0 Å². The molecule has 3 N–H and O–H groups in total. The third kappa shape index (κ3) is 1.75. The fraction of sp³-hybridized carbons (Fsp3) is 0.143. The molecule has 0 fully saturated rings. The summed E-state index contributed by atoms with van der Waals surface area (Å²) in [5.74, 6) is -0.252. The summed E-state index contributed by atoms with van der Waals surface area (Å²) >= 11 is 0. The molecule has 0 aliphatic carbocycles. The molecule has 0 saturated carbocycles. The van der Waals surface area contributed by atoms with Gasteiger partial charge in [-0.05, 0) is 6.07 Å². The molecule has 0 spiro atoms. The Morgan fingerprint density at radius 1 is 1.64 bits per heavy atom. The van der Waals surface area contributed by atoms with Gasteiger partial charge < -0.3 is 10.8 Å². The number of Topliss-reactive ketones (excluding diaryl/α,β-unsaturated/α-hetero) is 1. The molecule has 11 heavy (non-hydrogen) atoms. The van der Waals surface area contributed by atoms with E-state index in [0.717, 1.165) is 0 Å². The van der Waals surface area contributed by atoms with Gasteiger partial charge in [-0.3, -0.25) is 9.78 Å². The lowest BCUT2D eigenvalue weighted by atomic mass is 10.2. The van der Waals surface area contributed by atoms with Gasteiger partial charge in [0.15, 0.2) is 5.78 Å². The minimum Gasteiger partial charge on any atom is -0.506 e. The highest BCUT2D eigenvalue weighted by Gasteiger charge is 2.02. The van der Waals surface area contributed by atoms with Crippen LogP contribution < -0.4 is 5.73 Å². The third-order valence-corrected chi connectivity index (χ3v) is 1.23. The van der Waals surface area contributed by atoms with Crippen molar-refractivity contribution in [1.82, 2.24) is 4.98 Å². The minimum absolute atomic E-state index is 0.0238. The predicted molar refractivity (Wildman–Crippen MR) is 39.3 cm³/mol. The van der Waals surface area contributed by atoms with Crippen LogP contribution in [0.15, 0.2) is 18.5 Å². The van der Waals surface area contributed by atoms with Crippen molar-refractivity contribution in [2.45, 2.75) is 0 Å². The number of hydrogen-bond acceptors (Lipinski definition) is 4. The summed E-state index contributed by atoms with van der Waals surface area (Å²) in [6.45, 7) is -0.0644. The number of aromatic nitrogens is 1. The van der Waals surface area contributed by atoms with Crippen LogP contribution in [0.1, 0.15) is 10.4 Å². The van der Waals surface area contributed by atoms with Crippen LogP contribution in [-0.4, -0.2) is 22.4 Å². The van der Waals surface area contributed by atoms with Crippen LogP contribution in [0.4, 0.5) is 0 Å². The van der Waals surface area contributed by atoms with Crippen LogP contribution in [-0.2, 0) is 0 Å². The number of hydrogen-bond donors (Lipinski definition) is 2. The molecular formula is C7H8N2O2. The van der Waals surface area contributed by atoms with Crippen molar-refractivity contribution in [3.63, 3.8) is 0 Å². The van der Waals surface area contributed by atoms with Crippen LogP contribution in [0, 0.1) is 0 Å². The van der Waals surface area contributed by atoms with Gasteiger partial charge in [-0.2, -0.15) is 0 Å². The van der Waals surface area contributed by atoms with Crippen molar-refractivity contribution in [3.8, 4) is 5.75 Å². The highest BCUT2D eigenvalue weighted by molar-refractivity contribution is 5.97. The molecule has 0 bridgehead atoms. The molecule has 0 aromatic carbocycles. The zero-order valence-electron chi connectivity index (χ0n) is 5.82. The van der Waals surface area contributed by atoms with Crippen LogP contribution in [0.2, 0.25) is 0 Å². The molecule has 0 saturated heterocycles. The van der Waals surface area contributed by atoms with Crippen molar-refractivity contribution in [2.75, 3.05) is 6.54 Å². The summed E-state index contributed by atoms with van der Waals surface area (Å²) < 4.78 is 0. The van der Waals surface area contributed by atoms with Gasteiger partial charge in [0.05, 0.1) is 12.7 Å². The molecule has 1 aromatic heterocycles. The second kappa shape index (κ2) is 3.12. The summed E-state index contributed by atoms with van der Waals surface area (Å²) in [5.41, 5.74) is 5.44. The second-order valence-corrected chi connectivity index (χ2v) is 2.06. The van der Waals surface area contributed by atoms with Crippen LogP contribution in [0.5, 0.6) is 5.75 Å². The first-order valence-corrected chi connectivity index (χ1v) is 3.11. The predicted octanol–water partition coefficient (Wildman–Crippen LogP) is -0.0714. The van der Waals surface area contributed by atoms with Gasteiger partial charge in [0, 0.05) is 11.8 Å². The van der Waals surface area contributed by atoms with E-state index in [1.165, 1.54) is 18.5 Å². The number of carbonyl (C=O) groups excluding carboxylic acids is 1. The molecule has 0 aliphatic rings. The fourth-order valence-corrected chi connectivity index (χ4v) is 0.698. The van der Waals surface area contributed by atoms with E-state index in [0.29, 0.717) is 5.56 Å². The van der Waals surface area contributed by atoms with E-state index < -0.39 is 0 Å². The summed E-state index contributed by atoms with van der Waals surface area (Å²) in [6, 6.07) is 1.34. The number of aromatic hydroxyl groups is 1. The molecule has 0 radical (unpaired) electrons. The Morgan fingerprint density at radius 3 is 2.91 bits per heavy atom. The first-order chi connectivity index (χ1) is 5.24. The van der Waals surface area contributed by atoms with Gasteiger partial charge in [-0.25, -0.2) is 0 Å². The van der Waals surface area contributed by atoms with E-state index in [1.54, 1.807) is 0 Å². The molecule has 1 aromatic rings. The molecular weight excluding hydrogens is 144 g/mol. The summed E-state index contributed by atoms with van der Waals surface area (Å²) in [5, 5.41) is 8.90. The van der Waals surface area contributed by atoms with Gasteiger partial charge in [-0.1, -0.05) is 0 Å². The van der Waals surface area contributed by atoms with E-state index >= 15 is 0 Å². The van der Waals surface area contributed by atoms with E-state index in [1.807, 2.05) is 0 Å². The first-order valence-electron chi connectivity index (χ1n) is 3.11. The molecule has 4 heteroatoms. The maximum absolute atomic E-state index is 10.9. The topological polar surface area (TPSA) is 76.2 Å².